The molecule has 0 saturated heterocycles. The number of nitrogens with zero attached hydrogens (tertiary/aromatic N) is 1. The summed E-state index contributed by atoms with van der Waals surface area (Å²) in [5.74, 6) is 0. The summed E-state index contributed by atoms with van der Waals surface area (Å²) >= 11 is 1.06. The smallest absolute Gasteiger partial charge is 0.294 e. The molecule has 0 bridgehead atoms. The fraction of sp³-hybridized carbons (Fsp3) is 0.136. The lowest BCUT2D eigenvalue weighted by Gasteiger charge is -2.14. The number of nitrogens with one attached hydrogen (secondary N) is 1. The first kappa shape index (κ1) is 19.6. The van der Waals surface area contributed by atoms with E-state index in [4.69, 9.17) is 0 Å². The molecule has 3 aromatic carbocycles. The zero-order chi connectivity index (χ0) is 20.4. The second-order valence-electron chi connectivity index (χ2n) is 6.82. The molecule has 7 heteroatoms. The molecule has 148 valence electrons. The van der Waals surface area contributed by atoms with Crippen molar-refractivity contribution in [3.05, 3.63) is 99.7 Å². The van der Waals surface area contributed by atoms with Crippen molar-refractivity contribution in [2.75, 3.05) is 0 Å². The fourth-order valence-electron chi connectivity index (χ4n) is 3.24. The Morgan fingerprint density at radius 3 is 2.31 bits per heavy atom. The molecule has 1 aromatic heterocycles. The first-order chi connectivity index (χ1) is 13.9. The van der Waals surface area contributed by atoms with Gasteiger partial charge in [0.1, 0.15) is 0 Å². The van der Waals surface area contributed by atoms with Crippen molar-refractivity contribution in [2.45, 2.75) is 24.4 Å². The SMILES string of the molecule is C[C@@H](NS(=O)(=O)c1ccc2c(c1)sc(=O)n2Cc1ccccc1)c1ccccc1. The van der Waals surface area contributed by atoms with E-state index in [9.17, 15) is 13.2 Å². The molecular formula is C22H20N2O3S2. The van der Waals surface area contributed by atoms with E-state index in [0.29, 0.717) is 11.2 Å². The monoisotopic (exact) mass is 424 g/mol. The van der Waals surface area contributed by atoms with E-state index in [0.717, 1.165) is 28.0 Å². The Hall–Kier alpha value is -2.74. The molecule has 5 nitrogen and oxygen atoms in total. The summed E-state index contributed by atoms with van der Waals surface area (Å²) in [6, 6.07) is 23.6. The lowest BCUT2D eigenvalue weighted by Crippen LogP contribution is -2.26. The molecular weight excluding hydrogens is 404 g/mol. The highest BCUT2D eigenvalue weighted by molar-refractivity contribution is 7.89. The maximum absolute atomic E-state index is 12.9. The molecule has 0 spiro atoms. The Labute approximate surface area is 173 Å². The van der Waals surface area contributed by atoms with Crippen LogP contribution in [0.5, 0.6) is 0 Å². The van der Waals surface area contributed by atoms with E-state index in [2.05, 4.69) is 4.72 Å². The van der Waals surface area contributed by atoms with Gasteiger partial charge in [-0.2, -0.15) is 0 Å². The molecule has 29 heavy (non-hydrogen) atoms. The molecule has 1 heterocycles. The minimum absolute atomic E-state index is 0.107. The zero-order valence-corrected chi connectivity index (χ0v) is 17.4. The lowest BCUT2D eigenvalue weighted by atomic mass is 10.1. The largest absolute Gasteiger partial charge is 0.308 e. The van der Waals surface area contributed by atoms with Crippen LogP contribution in [0.4, 0.5) is 0 Å². The second-order valence-corrected chi connectivity index (χ2v) is 9.53. The maximum Gasteiger partial charge on any atom is 0.308 e. The summed E-state index contributed by atoms with van der Waals surface area (Å²) in [6.07, 6.45) is 0. The van der Waals surface area contributed by atoms with Crippen molar-refractivity contribution in [3.63, 3.8) is 0 Å². The van der Waals surface area contributed by atoms with Gasteiger partial charge in [-0.15, -0.1) is 0 Å². The van der Waals surface area contributed by atoms with Gasteiger partial charge in [-0.05, 0) is 36.2 Å². The third-order valence-electron chi connectivity index (χ3n) is 4.77. The number of aromatic nitrogens is 1. The van der Waals surface area contributed by atoms with Gasteiger partial charge in [-0.1, -0.05) is 72.0 Å². The first-order valence-corrected chi connectivity index (χ1v) is 11.5. The minimum Gasteiger partial charge on any atom is -0.294 e. The first-order valence-electron chi connectivity index (χ1n) is 9.19. The molecule has 1 N–H and O–H groups in total. The average Bonchev–Trinajstić information content (AvgIpc) is 3.03. The van der Waals surface area contributed by atoms with E-state index >= 15 is 0 Å². The normalized spacial score (nSPS) is 12.9. The van der Waals surface area contributed by atoms with Crippen LogP contribution in [0.3, 0.4) is 0 Å². The summed E-state index contributed by atoms with van der Waals surface area (Å²) < 4.78 is 30.7. The summed E-state index contributed by atoms with van der Waals surface area (Å²) in [6.45, 7) is 2.26. The minimum atomic E-state index is -3.72. The summed E-state index contributed by atoms with van der Waals surface area (Å²) in [4.78, 5) is 12.5. The van der Waals surface area contributed by atoms with Crippen molar-refractivity contribution < 1.29 is 8.42 Å². The molecule has 4 aromatic rings. The third-order valence-corrected chi connectivity index (χ3v) is 7.25. The average molecular weight is 425 g/mol. The quantitative estimate of drug-likeness (QED) is 0.506. The van der Waals surface area contributed by atoms with Crippen LogP contribution in [0, 0.1) is 0 Å². The molecule has 0 aliphatic heterocycles. The van der Waals surface area contributed by atoms with Gasteiger partial charge in [0.2, 0.25) is 10.0 Å². The fourth-order valence-corrected chi connectivity index (χ4v) is 5.50. The predicted octanol–water partition coefficient (Wildman–Crippen LogP) is 4.15. The van der Waals surface area contributed by atoms with Crippen molar-refractivity contribution in [1.29, 1.82) is 0 Å². The predicted molar refractivity (Wildman–Crippen MR) is 117 cm³/mol. The van der Waals surface area contributed by atoms with Crippen LogP contribution in [-0.2, 0) is 16.6 Å². The number of thiazole rings is 1. The highest BCUT2D eigenvalue weighted by Crippen LogP contribution is 2.24. The lowest BCUT2D eigenvalue weighted by molar-refractivity contribution is 0.567. The molecule has 1 atom stereocenters. The van der Waals surface area contributed by atoms with Crippen LogP contribution in [0.1, 0.15) is 24.1 Å². The van der Waals surface area contributed by atoms with Crippen LogP contribution in [0.15, 0.2) is 88.6 Å². The van der Waals surface area contributed by atoms with Gasteiger partial charge in [-0.25, -0.2) is 13.1 Å². The van der Waals surface area contributed by atoms with Gasteiger partial charge in [0.25, 0.3) is 0 Å². The number of rotatable bonds is 6. The Bertz CT molecular complexity index is 1290. The summed E-state index contributed by atoms with van der Waals surface area (Å²) in [5, 5.41) is 0. The maximum atomic E-state index is 12.9. The molecule has 0 aliphatic rings. The molecule has 4 rings (SSSR count). The van der Waals surface area contributed by atoms with Gasteiger partial charge in [0, 0.05) is 6.04 Å². The Morgan fingerprint density at radius 2 is 1.62 bits per heavy atom. The number of benzene rings is 3. The van der Waals surface area contributed by atoms with Gasteiger partial charge >= 0.3 is 4.87 Å². The molecule has 0 saturated carbocycles. The van der Waals surface area contributed by atoms with Crippen LogP contribution >= 0.6 is 11.3 Å². The summed E-state index contributed by atoms with van der Waals surface area (Å²) in [5.41, 5.74) is 2.64. The highest BCUT2D eigenvalue weighted by Gasteiger charge is 2.20. The number of fused-ring (bicyclic) bond motifs is 1. The van der Waals surface area contributed by atoms with E-state index in [1.807, 2.05) is 60.7 Å². The van der Waals surface area contributed by atoms with Gasteiger partial charge in [0.05, 0.1) is 21.7 Å². The van der Waals surface area contributed by atoms with E-state index in [1.54, 1.807) is 29.7 Å². The Morgan fingerprint density at radius 1 is 0.966 bits per heavy atom. The third kappa shape index (κ3) is 4.17. The molecule has 0 aliphatic carbocycles. The van der Waals surface area contributed by atoms with Crippen LogP contribution in [0.25, 0.3) is 10.2 Å². The van der Waals surface area contributed by atoms with Crippen LogP contribution in [-0.4, -0.2) is 13.0 Å². The zero-order valence-electron chi connectivity index (χ0n) is 15.8. The van der Waals surface area contributed by atoms with Gasteiger partial charge in [0.15, 0.2) is 0 Å². The van der Waals surface area contributed by atoms with Crippen molar-refractivity contribution in [1.82, 2.24) is 9.29 Å². The summed E-state index contributed by atoms with van der Waals surface area (Å²) in [7, 11) is -3.72. The van der Waals surface area contributed by atoms with Gasteiger partial charge < -0.3 is 0 Å². The highest BCUT2D eigenvalue weighted by atomic mass is 32.2. The standard InChI is InChI=1S/C22H20N2O3S2/c1-16(18-10-6-3-7-11-18)23-29(26,27)19-12-13-20-21(14-19)28-22(25)24(20)15-17-8-4-2-5-9-17/h2-14,16,23H,15H2,1H3/t16-/m1/s1. The van der Waals surface area contributed by atoms with E-state index in [-0.39, 0.29) is 15.8 Å². The molecule has 0 unspecified atom stereocenters. The Kier molecular flexibility index (Phi) is 5.36. The van der Waals surface area contributed by atoms with E-state index in [1.165, 1.54) is 0 Å². The number of hydrogen-bond donors (Lipinski definition) is 1. The molecule has 0 radical (unpaired) electrons. The van der Waals surface area contributed by atoms with Crippen molar-refractivity contribution >= 4 is 31.6 Å². The number of sulfonamides is 1. The van der Waals surface area contributed by atoms with Gasteiger partial charge in [-0.3, -0.25) is 9.36 Å². The van der Waals surface area contributed by atoms with Crippen LogP contribution < -0.4 is 9.60 Å². The van der Waals surface area contributed by atoms with Crippen molar-refractivity contribution in [3.8, 4) is 0 Å². The molecule has 0 amide bonds. The van der Waals surface area contributed by atoms with Crippen molar-refractivity contribution in [2.24, 2.45) is 0 Å². The van der Waals surface area contributed by atoms with E-state index < -0.39 is 10.0 Å². The number of hydrogen-bond acceptors (Lipinski definition) is 4. The van der Waals surface area contributed by atoms with Crippen LogP contribution in [0.2, 0.25) is 0 Å². The molecule has 0 fully saturated rings. The topological polar surface area (TPSA) is 68.2 Å². The second kappa shape index (κ2) is 7.94. The Balaban J connectivity index is 1.64.